The fraction of sp³-hybridized carbons (Fsp3) is 0.208. The third kappa shape index (κ3) is 4.76. The lowest BCUT2D eigenvalue weighted by molar-refractivity contribution is 0.0686. The molecule has 0 bridgehead atoms. The first-order chi connectivity index (χ1) is 14.7. The van der Waals surface area contributed by atoms with Crippen molar-refractivity contribution >= 4 is 5.97 Å². The first kappa shape index (κ1) is 22.5. The molecule has 1 N–H and O–H groups in total. The number of carboxylic acids is 1. The van der Waals surface area contributed by atoms with Crippen molar-refractivity contribution in [2.75, 3.05) is 0 Å². The van der Waals surface area contributed by atoms with Gasteiger partial charge < -0.3 is 5.11 Å². The minimum atomic E-state index is -1.86. The van der Waals surface area contributed by atoms with Gasteiger partial charge in [0.25, 0.3) is 0 Å². The van der Waals surface area contributed by atoms with Gasteiger partial charge in [-0.05, 0) is 59.7 Å². The highest BCUT2D eigenvalue weighted by atomic mass is 19.2. The van der Waals surface area contributed by atoms with E-state index in [0.29, 0.717) is 18.6 Å². The molecule has 0 aliphatic heterocycles. The lowest BCUT2D eigenvalue weighted by atomic mass is 9.91. The lowest BCUT2D eigenvalue weighted by Gasteiger charge is -2.15. The molecule has 0 saturated heterocycles. The number of aryl methyl sites for hydroxylation is 3. The summed E-state index contributed by atoms with van der Waals surface area (Å²) >= 11 is 0. The fourth-order valence-corrected chi connectivity index (χ4v) is 3.51. The van der Waals surface area contributed by atoms with Crippen LogP contribution in [0.4, 0.5) is 22.0 Å². The quantitative estimate of drug-likeness (QED) is 0.341. The first-order valence-electron chi connectivity index (χ1n) is 9.69. The Hall–Kier alpha value is -3.22. The average Bonchev–Trinajstić information content (AvgIpc) is 2.71. The van der Waals surface area contributed by atoms with Gasteiger partial charge in [-0.1, -0.05) is 37.6 Å². The van der Waals surface area contributed by atoms with Crippen LogP contribution in [0.2, 0.25) is 0 Å². The number of hydrogen-bond donors (Lipinski definition) is 1. The molecule has 0 amide bonds. The van der Waals surface area contributed by atoms with Crippen molar-refractivity contribution in [3.63, 3.8) is 0 Å². The normalized spacial score (nSPS) is 11.0. The second kappa shape index (κ2) is 9.29. The molecular weight excluding hydrogens is 415 g/mol. The van der Waals surface area contributed by atoms with Crippen LogP contribution >= 0.6 is 0 Å². The van der Waals surface area contributed by atoms with Gasteiger partial charge >= 0.3 is 5.97 Å². The number of halogens is 5. The Labute approximate surface area is 176 Å². The van der Waals surface area contributed by atoms with E-state index in [2.05, 4.69) is 6.92 Å². The van der Waals surface area contributed by atoms with Crippen LogP contribution in [0.15, 0.2) is 42.5 Å². The summed E-state index contributed by atoms with van der Waals surface area (Å²) in [7, 11) is 0. The van der Waals surface area contributed by atoms with Crippen molar-refractivity contribution in [2.45, 2.75) is 32.6 Å². The van der Waals surface area contributed by atoms with Crippen LogP contribution in [0.25, 0.3) is 11.1 Å². The van der Waals surface area contributed by atoms with Crippen molar-refractivity contribution in [3.8, 4) is 11.1 Å². The maximum absolute atomic E-state index is 15.0. The molecule has 31 heavy (non-hydrogen) atoms. The van der Waals surface area contributed by atoms with Crippen LogP contribution in [0, 0.1) is 29.1 Å². The maximum atomic E-state index is 15.0. The van der Waals surface area contributed by atoms with Crippen molar-refractivity contribution in [1.82, 2.24) is 0 Å². The van der Waals surface area contributed by atoms with Gasteiger partial charge in [-0.25, -0.2) is 26.7 Å². The zero-order valence-electron chi connectivity index (χ0n) is 16.6. The lowest BCUT2D eigenvalue weighted by Crippen LogP contribution is -2.10. The Morgan fingerprint density at radius 2 is 1.32 bits per heavy atom. The highest BCUT2D eigenvalue weighted by Gasteiger charge is 2.25. The van der Waals surface area contributed by atoms with Gasteiger partial charge in [0.05, 0.1) is 0 Å². The van der Waals surface area contributed by atoms with E-state index >= 15 is 0 Å². The molecule has 0 radical (unpaired) electrons. The van der Waals surface area contributed by atoms with Gasteiger partial charge in [-0.2, -0.15) is 0 Å². The third-order valence-electron chi connectivity index (χ3n) is 5.03. The standard InChI is InChI=1S/C24H19F5O2/c1-2-3-13-4-6-14(7-5-13)8-9-15-10-17(25)21(24(30)31)23(29)20(15)16-11-18(26)22(28)19(27)12-16/h4-7,10-12H,2-3,8-9H2,1H3,(H,30,31). The zero-order valence-corrected chi connectivity index (χ0v) is 16.6. The molecule has 162 valence electrons. The summed E-state index contributed by atoms with van der Waals surface area (Å²) in [5, 5.41) is 9.15. The van der Waals surface area contributed by atoms with E-state index in [0.717, 1.165) is 30.0 Å². The van der Waals surface area contributed by atoms with Crippen LogP contribution in [0.5, 0.6) is 0 Å². The number of rotatable bonds is 7. The van der Waals surface area contributed by atoms with Crippen molar-refractivity contribution in [2.24, 2.45) is 0 Å². The van der Waals surface area contributed by atoms with Gasteiger partial charge in [0.1, 0.15) is 17.2 Å². The van der Waals surface area contributed by atoms with Gasteiger partial charge in [0.15, 0.2) is 17.5 Å². The predicted octanol–water partition coefficient (Wildman–Crippen LogP) is 6.49. The van der Waals surface area contributed by atoms with E-state index in [1.807, 2.05) is 24.3 Å². The molecule has 0 atom stereocenters. The largest absolute Gasteiger partial charge is 0.477 e. The van der Waals surface area contributed by atoms with Gasteiger partial charge in [0, 0.05) is 5.56 Å². The molecule has 2 nitrogen and oxygen atoms in total. The third-order valence-corrected chi connectivity index (χ3v) is 5.03. The molecule has 0 aliphatic rings. The van der Waals surface area contributed by atoms with E-state index < -0.39 is 51.7 Å². The van der Waals surface area contributed by atoms with E-state index in [1.54, 1.807) is 0 Å². The first-order valence-corrected chi connectivity index (χ1v) is 9.69. The van der Waals surface area contributed by atoms with Crippen molar-refractivity contribution < 1.29 is 31.9 Å². The van der Waals surface area contributed by atoms with Crippen molar-refractivity contribution in [3.05, 3.63) is 93.8 Å². The van der Waals surface area contributed by atoms with Crippen molar-refractivity contribution in [1.29, 1.82) is 0 Å². The minimum absolute atomic E-state index is 0.0167. The van der Waals surface area contributed by atoms with E-state index in [9.17, 15) is 26.7 Å². The molecule has 0 spiro atoms. The highest BCUT2D eigenvalue weighted by molar-refractivity contribution is 5.91. The Bertz CT molecular complexity index is 1100. The van der Waals surface area contributed by atoms with Gasteiger partial charge in [-0.15, -0.1) is 0 Å². The van der Waals surface area contributed by atoms with E-state index in [1.165, 1.54) is 0 Å². The molecular formula is C24H19F5O2. The molecule has 7 heteroatoms. The monoisotopic (exact) mass is 434 g/mol. The van der Waals surface area contributed by atoms with Crippen LogP contribution in [0.3, 0.4) is 0 Å². The summed E-state index contributed by atoms with van der Waals surface area (Å²) in [6, 6.07) is 9.60. The number of benzene rings is 3. The molecule has 0 unspecified atom stereocenters. The van der Waals surface area contributed by atoms with Gasteiger partial charge in [-0.3, -0.25) is 0 Å². The minimum Gasteiger partial charge on any atom is -0.477 e. The molecule has 3 aromatic carbocycles. The summed E-state index contributed by atoms with van der Waals surface area (Å²) in [5.41, 5.74) is -0.0998. The van der Waals surface area contributed by atoms with E-state index in [4.69, 9.17) is 5.11 Å². The molecule has 0 aromatic heterocycles. The summed E-state index contributed by atoms with van der Waals surface area (Å²) in [4.78, 5) is 11.3. The smallest absolute Gasteiger partial charge is 0.341 e. The molecule has 0 fully saturated rings. The average molecular weight is 434 g/mol. The number of carboxylic acid groups (broad SMARTS) is 1. The SMILES string of the molecule is CCCc1ccc(CCc2cc(F)c(C(=O)O)c(F)c2-c2cc(F)c(F)c(F)c2)cc1. The predicted molar refractivity (Wildman–Crippen MR) is 106 cm³/mol. The molecule has 3 rings (SSSR count). The van der Waals surface area contributed by atoms with E-state index in [-0.39, 0.29) is 12.0 Å². The zero-order chi connectivity index (χ0) is 22.7. The van der Waals surface area contributed by atoms with Crippen LogP contribution in [-0.2, 0) is 19.3 Å². The molecule has 0 heterocycles. The Morgan fingerprint density at radius 1 is 0.774 bits per heavy atom. The second-order valence-corrected chi connectivity index (χ2v) is 7.21. The summed E-state index contributed by atoms with van der Waals surface area (Å²) in [5.74, 6) is -9.49. The van der Waals surface area contributed by atoms with Crippen LogP contribution < -0.4 is 0 Å². The highest BCUT2D eigenvalue weighted by Crippen LogP contribution is 2.33. The molecule has 0 aliphatic carbocycles. The fourth-order valence-electron chi connectivity index (χ4n) is 3.51. The Balaban J connectivity index is 2.06. The Kier molecular flexibility index (Phi) is 6.73. The maximum Gasteiger partial charge on any atom is 0.341 e. The molecule has 0 saturated carbocycles. The number of hydrogen-bond acceptors (Lipinski definition) is 1. The second-order valence-electron chi connectivity index (χ2n) is 7.21. The van der Waals surface area contributed by atoms with Crippen LogP contribution in [-0.4, -0.2) is 11.1 Å². The summed E-state index contributed by atoms with van der Waals surface area (Å²) in [6.45, 7) is 2.06. The number of aromatic carboxylic acids is 1. The number of carbonyl (C=O) groups is 1. The Morgan fingerprint density at radius 3 is 1.84 bits per heavy atom. The van der Waals surface area contributed by atoms with Crippen LogP contribution in [0.1, 0.15) is 40.4 Å². The summed E-state index contributed by atoms with van der Waals surface area (Å²) in [6.07, 6.45) is 2.31. The summed E-state index contributed by atoms with van der Waals surface area (Å²) < 4.78 is 70.2. The van der Waals surface area contributed by atoms with Gasteiger partial charge in [0.2, 0.25) is 0 Å². The molecule has 3 aromatic rings. The topological polar surface area (TPSA) is 37.3 Å².